The molecule has 2 fully saturated rings. The zero-order valence-electron chi connectivity index (χ0n) is 9.02. The number of nitrogens with zero attached hydrogens (tertiary/aromatic N) is 1. The van der Waals surface area contributed by atoms with Crippen LogP contribution in [0.25, 0.3) is 0 Å². The fourth-order valence-corrected chi connectivity index (χ4v) is 2.99. The van der Waals surface area contributed by atoms with Gasteiger partial charge in [-0.3, -0.25) is 0 Å². The van der Waals surface area contributed by atoms with E-state index in [0.29, 0.717) is 11.8 Å². The van der Waals surface area contributed by atoms with Gasteiger partial charge in [0.2, 0.25) is 0 Å². The molecule has 1 saturated carbocycles. The first-order chi connectivity index (χ1) is 6.70. The first-order valence-corrected chi connectivity index (χ1v) is 5.81. The fourth-order valence-electron chi connectivity index (χ4n) is 2.99. The first-order valence-electron chi connectivity index (χ1n) is 5.81. The SMILES string of the molecule is CC(CN)CN1CC2CCC(O)C2C1. The Hall–Kier alpha value is -0.120. The van der Waals surface area contributed by atoms with Crippen molar-refractivity contribution in [3.05, 3.63) is 0 Å². The van der Waals surface area contributed by atoms with E-state index in [1.165, 1.54) is 13.0 Å². The lowest BCUT2D eigenvalue weighted by molar-refractivity contribution is 0.122. The van der Waals surface area contributed by atoms with E-state index >= 15 is 0 Å². The number of aliphatic hydroxyl groups excluding tert-OH is 1. The molecule has 0 spiro atoms. The summed E-state index contributed by atoms with van der Waals surface area (Å²) in [6.07, 6.45) is 2.22. The highest BCUT2D eigenvalue weighted by Crippen LogP contribution is 2.38. The molecule has 3 N–H and O–H groups in total. The average Bonchev–Trinajstić information content (AvgIpc) is 2.69. The maximum Gasteiger partial charge on any atom is 0.0583 e. The van der Waals surface area contributed by atoms with Crippen molar-refractivity contribution >= 4 is 0 Å². The summed E-state index contributed by atoms with van der Waals surface area (Å²) in [5.41, 5.74) is 5.62. The van der Waals surface area contributed by atoms with Gasteiger partial charge in [0.05, 0.1) is 6.10 Å². The third-order valence-electron chi connectivity index (χ3n) is 3.87. The lowest BCUT2D eigenvalue weighted by Gasteiger charge is -2.21. The van der Waals surface area contributed by atoms with Crippen molar-refractivity contribution in [2.45, 2.75) is 25.9 Å². The van der Waals surface area contributed by atoms with E-state index in [2.05, 4.69) is 11.8 Å². The lowest BCUT2D eigenvalue weighted by Crippen LogP contribution is -2.31. The molecule has 4 unspecified atom stereocenters. The average molecular weight is 198 g/mol. The van der Waals surface area contributed by atoms with Crippen LogP contribution >= 0.6 is 0 Å². The number of aliphatic hydroxyl groups is 1. The van der Waals surface area contributed by atoms with Crippen LogP contribution in [-0.2, 0) is 0 Å². The van der Waals surface area contributed by atoms with Crippen LogP contribution in [0.3, 0.4) is 0 Å². The lowest BCUT2D eigenvalue weighted by atomic mass is 10.00. The molecular weight excluding hydrogens is 176 g/mol. The summed E-state index contributed by atoms with van der Waals surface area (Å²) in [5.74, 6) is 1.90. The van der Waals surface area contributed by atoms with Crippen LogP contribution in [0.4, 0.5) is 0 Å². The Morgan fingerprint density at radius 2 is 2.21 bits per heavy atom. The quantitative estimate of drug-likeness (QED) is 0.685. The van der Waals surface area contributed by atoms with E-state index in [1.54, 1.807) is 0 Å². The molecule has 14 heavy (non-hydrogen) atoms. The zero-order valence-corrected chi connectivity index (χ0v) is 9.02. The van der Waals surface area contributed by atoms with E-state index in [-0.39, 0.29) is 6.10 Å². The Kier molecular flexibility index (Phi) is 3.10. The van der Waals surface area contributed by atoms with Crippen LogP contribution in [-0.4, -0.2) is 42.3 Å². The van der Waals surface area contributed by atoms with Crippen molar-refractivity contribution < 1.29 is 5.11 Å². The second-order valence-electron chi connectivity index (χ2n) is 5.13. The Morgan fingerprint density at radius 1 is 1.43 bits per heavy atom. The van der Waals surface area contributed by atoms with Gasteiger partial charge >= 0.3 is 0 Å². The van der Waals surface area contributed by atoms with Crippen LogP contribution in [0.5, 0.6) is 0 Å². The van der Waals surface area contributed by atoms with E-state index in [1.807, 2.05) is 0 Å². The molecule has 1 aliphatic heterocycles. The Morgan fingerprint density at radius 3 is 2.86 bits per heavy atom. The second-order valence-corrected chi connectivity index (χ2v) is 5.13. The van der Waals surface area contributed by atoms with Gasteiger partial charge < -0.3 is 15.7 Å². The molecule has 1 heterocycles. The van der Waals surface area contributed by atoms with Crippen LogP contribution in [0.1, 0.15) is 19.8 Å². The van der Waals surface area contributed by atoms with Gasteiger partial charge in [0.15, 0.2) is 0 Å². The number of hydrogen-bond acceptors (Lipinski definition) is 3. The van der Waals surface area contributed by atoms with E-state index in [9.17, 15) is 5.11 Å². The molecule has 82 valence electrons. The van der Waals surface area contributed by atoms with Gasteiger partial charge in [-0.2, -0.15) is 0 Å². The number of fused-ring (bicyclic) bond motifs is 1. The molecule has 0 amide bonds. The highest BCUT2D eigenvalue weighted by atomic mass is 16.3. The van der Waals surface area contributed by atoms with Crippen LogP contribution in [0.15, 0.2) is 0 Å². The molecule has 1 saturated heterocycles. The van der Waals surface area contributed by atoms with Gasteiger partial charge in [-0.15, -0.1) is 0 Å². The minimum atomic E-state index is -0.0295. The highest BCUT2D eigenvalue weighted by Gasteiger charge is 2.41. The topological polar surface area (TPSA) is 49.5 Å². The van der Waals surface area contributed by atoms with Crippen molar-refractivity contribution in [3.8, 4) is 0 Å². The van der Waals surface area contributed by atoms with Crippen LogP contribution in [0, 0.1) is 17.8 Å². The van der Waals surface area contributed by atoms with Crippen molar-refractivity contribution in [1.29, 1.82) is 0 Å². The smallest absolute Gasteiger partial charge is 0.0583 e. The third-order valence-corrected chi connectivity index (χ3v) is 3.87. The van der Waals surface area contributed by atoms with Gasteiger partial charge in [-0.25, -0.2) is 0 Å². The standard InChI is InChI=1S/C11H22N2O/c1-8(4-12)5-13-6-9-2-3-11(14)10(9)7-13/h8-11,14H,2-7,12H2,1H3. The predicted molar refractivity (Wildman–Crippen MR) is 56.9 cm³/mol. The summed E-state index contributed by atoms with van der Waals surface area (Å²) in [4.78, 5) is 2.48. The molecule has 0 aromatic heterocycles. The van der Waals surface area contributed by atoms with Crippen LogP contribution in [0.2, 0.25) is 0 Å². The normalized spacial score (nSPS) is 40.1. The molecule has 3 nitrogen and oxygen atoms in total. The van der Waals surface area contributed by atoms with Gasteiger partial charge in [0, 0.05) is 25.6 Å². The van der Waals surface area contributed by atoms with Crippen LogP contribution < -0.4 is 5.73 Å². The fraction of sp³-hybridized carbons (Fsp3) is 1.00. The second kappa shape index (κ2) is 4.17. The largest absolute Gasteiger partial charge is 0.393 e. The number of nitrogens with two attached hydrogens (primary N) is 1. The van der Waals surface area contributed by atoms with Gasteiger partial charge in [-0.05, 0) is 31.2 Å². The molecule has 3 heteroatoms. The maximum atomic E-state index is 9.76. The summed E-state index contributed by atoms with van der Waals surface area (Å²) >= 11 is 0. The Bertz CT molecular complexity index is 198. The molecule has 4 atom stereocenters. The zero-order chi connectivity index (χ0) is 10.1. The minimum absolute atomic E-state index is 0.0295. The predicted octanol–water partition coefficient (Wildman–Crippen LogP) is 0.284. The summed E-state index contributed by atoms with van der Waals surface area (Å²) in [5, 5.41) is 9.76. The van der Waals surface area contributed by atoms with Gasteiger partial charge in [0.1, 0.15) is 0 Å². The van der Waals surface area contributed by atoms with Crippen molar-refractivity contribution in [2.75, 3.05) is 26.2 Å². The summed E-state index contributed by atoms with van der Waals surface area (Å²) in [6, 6.07) is 0. The van der Waals surface area contributed by atoms with Gasteiger partial charge in [-0.1, -0.05) is 6.92 Å². The molecular formula is C11H22N2O. The minimum Gasteiger partial charge on any atom is -0.393 e. The number of rotatable bonds is 3. The van der Waals surface area contributed by atoms with Crippen molar-refractivity contribution in [2.24, 2.45) is 23.5 Å². The van der Waals surface area contributed by atoms with E-state index < -0.39 is 0 Å². The molecule has 0 aromatic carbocycles. The summed E-state index contributed by atoms with van der Waals surface area (Å²) < 4.78 is 0. The maximum absolute atomic E-state index is 9.76. The Balaban J connectivity index is 1.83. The molecule has 0 bridgehead atoms. The summed E-state index contributed by atoms with van der Waals surface area (Å²) in [7, 11) is 0. The Labute approximate surface area is 86.3 Å². The summed E-state index contributed by atoms with van der Waals surface area (Å²) in [6.45, 7) is 6.36. The molecule has 1 aliphatic carbocycles. The van der Waals surface area contributed by atoms with E-state index in [0.717, 1.165) is 32.0 Å². The van der Waals surface area contributed by atoms with E-state index in [4.69, 9.17) is 5.73 Å². The van der Waals surface area contributed by atoms with Gasteiger partial charge in [0.25, 0.3) is 0 Å². The molecule has 2 rings (SSSR count). The van der Waals surface area contributed by atoms with Crippen molar-refractivity contribution in [3.63, 3.8) is 0 Å². The highest BCUT2D eigenvalue weighted by molar-refractivity contribution is 4.93. The molecule has 2 aliphatic rings. The monoisotopic (exact) mass is 198 g/mol. The first kappa shape index (κ1) is 10.4. The molecule has 0 aromatic rings. The van der Waals surface area contributed by atoms with Crippen molar-refractivity contribution in [1.82, 2.24) is 4.90 Å². The number of hydrogen-bond donors (Lipinski definition) is 2. The molecule has 0 radical (unpaired) electrons. The number of likely N-dealkylation sites (tertiary alicyclic amines) is 1. The third kappa shape index (κ3) is 1.95.